The molecule has 1 N–H and O–H groups in total. The summed E-state index contributed by atoms with van der Waals surface area (Å²) in [6.45, 7) is 3.41. The van der Waals surface area contributed by atoms with Gasteiger partial charge < -0.3 is 10.1 Å². The molecular weight excluding hydrogens is 202 g/mol. The second-order valence-electron chi connectivity index (χ2n) is 4.40. The van der Waals surface area contributed by atoms with E-state index >= 15 is 0 Å². The molecule has 1 aliphatic rings. The fourth-order valence-corrected chi connectivity index (χ4v) is 1.92. The average molecular weight is 219 g/mol. The molecule has 0 bridgehead atoms. The Balaban J connectivity index is 1.80. The molecule has 3 nitrogen and oxygen atoms in total. The van der Waals surface area contributed by atoms with E-state index in [-0.39, 0.29) is 12.0 Å². The van der Waals surface area contributed by atoms with E-state index in [2.05, 4.69) is 12.2 Å². The first-order chi connectivity index (χ1) is 7.75. The maximum atomic E-state index is 11.7. The molecule has 1 saturated heterocycles. The maximum absolute atomic E-state index is 11.7. The van der Waals surface area contributed by atoms with Crippen LogP contribution in [0, 0.1) is 5.92 Å². The second kappa shape index (κ2) is 5.12. The summed E-state index contributed by atoms with van der Waals surface area (Å²) in [6, 6.07) is 9.64. The van der Waals surface area contributed by atoms with Crippen LogP contribution in [-0.4, -0.2) is 18.6 Å². The third-order valence-corrected chi connectivity index (χ3v) is 2.86. The van der Waals surface area contributed by atoms with Crippen LogP contribution >= 0.6 is 0 Å². The average Bonchev–Trinajstić information content (AvgIpc) is 2.74. The Morgan fingerprint density at radius 3 is 2.81 bits per heavy atom. The molecule has 1 fully saturated rings. The van der Waals surface area contributed by atoms with Crippen LogP contribution in [0.4, 0.5) is 0 Å². The van der Waals surface area contributed by atoms with Gasteiger partial charge in [-0.1, -0.05) is 37.3 Å². The zero-order valence-corrected chi connectivity index (χ0v) is 9.48. The first-order valence-electron chi connectivity index (χ1n) is 5.69. The van der Waals surface area contributed by atoms with E-state index in [9.17, 15) is 4.79 Å². The van der Waals surface area contributed by atoms with Crippen molar-refractivity contribution in [2.45, 2.75) is 26.0 Å². The summed E-state index contributed by atoms with van der Waals surface area (Å²) in [5.74, 6) is 0.433. The number of rotatable bonds is 3. The number of nitrogens with one attached hydrogen (secondary N) is 1. The molecule has 1 heterocycles. The fourth-order valence-electron chi connectivity index (χ4n) is 1.92. The SMILES string of the molecule is C[C@@H]1CN[C@H](C(=O)OCc2ccccc2)C1. The van der Waals surface area contributed by atoms with Crippen LogP contribution < -0.4 is 5.32 Å². The van der Waals surface area contributed by atoms with Crippen molar-refractivity contribution in [3.63, 3.8) is 0 Å². The highest BCUT2D eigenvalue weighted by molar-refractivity contribution is 5.76. The lowest BCUT2D eigenvalue weighted by molar-refractivity contribution is -0.147. The van der Waals surface area contributed by atoms with Gasteiger partial charge in [-0.25, -0.2) is 0 Å². The summed E-state index contributed by atoms with van der Waals surface area (Å²) in [4.78, 5) is 11.7. The number of benzene rings is 1. The number of carbonyl (C=O) groups excluding carboxylic acids is 1. The van der Waals surface area contributed by atoms with E-state index in [1.807, 2.05) is 30.3 Å². The highest BCUT2D eigenvalue weighted by atomic mass is 16.5. The Morgan fingerprint density at radius 1 is 1.44 bits per heavy atom. The quantitative estimate of drug-likeness (QED) is 0.787. The molecule has 0 unspecified atom stereocenters. The van der Waals surface area contributed by atoms with Gasteiger partial charge in [-0.2, -0.15) is 0 Å². The van der Waals surface area contributed by atoms with Crippen LogP contribution in [0.2, 0.25) is 0 Å². The lowest BCUT2D eigenvalue weighted by Gasteiger charge is -2.10. The van der Waals surface area contributed by atoms with Crippen LogP contribution in [-0.2, 0) is 16.1 Å². The molecule has 2 rings (SSSR count). The summed E-state index contributed by atoms with van der Waals surface area (Å²) in [7, 11) is 0. The molecular formula is C13H17NO2. The van der Waals surface area contributed by atoms with E-state index in [4.69, 9.17) is 4.74 Å². The van der Waals surface area contributed by atoms with Crippen LogP contribution in [0.1, 0.15) is 18.9 Å². The lowest BCUT2D eigenvalue weighted by Crippen LogP contribution is -2.32. The second-order valence-corrected chi connectivity index (χ2v) is 4.40. The molecule has 2 atom stereocenters. The van der Waals surface area contributed by atoms with E-state index in [1.54, 1.807) is 0 Å². The zero-order valence-electron chi connectivity index (χ0n) is 9.48. The molecule has 0 spiro atoms. The van der Waals surface area contributed by atoms with Crippen LogP contribution in [0.25, 0.3) is 0 Å². The Bertz CT molecular complexity index is 350. The van der Waals surface area contributed by atoms with Crippen molar-refractivity contribution >= 4 is 5.97 Å². The van der Waals surface area contributed by atoms with Gasteiger partial charge in [0, 0.05) is 0 Å². The summed E-state index contributed by atoms with van der Waals surface area (Å²) < 4.78 is 5.26. The van der Waals surface area contributed by atoms with Gasteiger partial charge in [0.25, 0.3) is 0 Å². The van der Waals surface area contributed by atoms with Crippen molar-refractivity contribution in [3.05, 3.63) is 35.9 Å². The fraction of sp³-hybridized carbons (Fsp3) is 0.462. The predicted octanol–water partition coefficient (Wildman–Crippen LogP) is 1.73. The van der Waals surface area contributed by atoms with Gasteiger partial charge in [-0.3, -0.25) is 4.79 Å². The van der Waals surface area contributed by atoms with Gasteiger partial charge in [-0.05, 0) is 24.4 Å². The van der Waals surface area contributed by atoms with Crippen molar-refractivity contribution in [2.24, 2.45) is 5.92 Å². The van der Waals surface area contributed by atoms with Gasteiger partial charge in [-0.15, -0.1) is 0 Å². The van der Waals surface area contributed by atoms with Gasteiger partial charge in [0.15, 0.2) is 0 Å². The molecule has 0 aromatic heterocycles. The van der Waals surface area contributed by atoms with Crippen molar-refractivity contribution in [1.29, 1.82) is 0 Å². The molecule has 16 heavy (non-hydrogen) atoms. The molecule has 0 amide bonds. The van der Waals surface area contributed by atoms with Gasteiger partial charge in [0.2, 0.25) is 0 Å². The normalized spacial score (nSPS) is 24.3. The molecule has 0 aliphatic carbocycles. The number of hydrogen-bond acceptors (Lipinski definition) is 3. The van der Waals surface area contributed by atoms with Crippen LogP contribution in [0.3, 0.4) is 0 Å². The van der Waals surface area contributed by atoms with Crippen molar-refractivity contribution in [1.82, 2.24) is 5.32 Å². The van der Waals surface area contributed by atoms with Crippen molar-refractivity contribution in [2.75, 3.05) is 6.54 Å². The smallest absolute Gasteiger partial charge is 0.323 e. The number of esters is 1. The first kappa shape index (κ1) is 11.1. The van der Waals surface area contributed by atoms with Crippen molar-refractivity contribution in [3.8, 4) is 0 Å². The Morgan fingerprint density at radius 2 is 2.19 bits per heavy atom. The predicted molar refractivity (Wildman–Crippen MR) is 61.8 cm³/mol. The first-order valence-corrected chi connectivity index (χ1v) is 5.69. The molecule has 1 aromatic carbocycles. The van der Waals surface area contributed by atoms with Crippen LogP contribution in [0.15, 0.2) is 30.3 Å². The van der Waals surface area contributed by atoms with E-state index in [1.165, 1.54) is 0 Å². The minimum Gasteiger partial charge on any atom is -0.460 e. The third kappa shape index (κ3) is 2.83. The minimum atomic E-state index is -0.131. The molecule has 3 heteroatoms. The van der Waals surface area contributed by atoms with Gasteiger partial charge in [0.1, 0.15) is 12.6 Å². The molecule has 1 aromatic rings. The Kier molecular flexibility index (Phi) is 3.57. The van der Waals surface area contributed by atoms with Gasteiger partial charge in [0.05, 0.1) is 0 Å². The summed E-state index contributed by atoms with van der Waals surface area (Å²) in [5, 5.41) is 3.17. The highest BCUT2D eigenvalue weighted by Gasteiger charge is 2.27. The lowest BCUT2D eigenvalue weighted by atomic mass is 10.1. The summed E-state index contributed by atoms with van der Waals surface area (Å²) in [5.41, 5.74) is 1.03. The molecule has 0 saturated carbocycles. The van der Waals surface area contributed by atoms with E-state index in [0.717, 1.165) is 18.5 Å². The van der Waals surface area contributed by atoms with E-state index in [0.29, 0.717) is 12.5 Å². The topological polar surface area (TPSA) is 38.3 Å². The Labute approximate surface area is 95.8 Å². The number of carbonyl (C=O) groups is 1. The standard InChI is InChI=1S/C13H17NO2/c1-10-7-12(14-8-10)13(15)16-9-11-5-3-2-4-6-11/h2-6,10,12,14H,7-9H2,1H3/t10-,12-/m0/s1. The summed E-state index contributed by atoms with van der Waals surface area (Å²) >= 11 is 0. The zero-order chi connectivity index (χ0) is 11.4. The number of hydrogen-bond donors (Lipinski definition) is 1. The van der Waals surface area contributed by atoms with Crippen molar-refractivity contribution < 1.29 is 9.53 Å². The van der Waals surface area contributed by atoms with Gasteiger partial charge >= 0.3 is 5.97 Å². The highest BCUT2D eigenvalue weighted by Crippen LogP contribution is 2.14. The Hall–Kier alpha value is -1.35. The molecule has 86 valence electrons. The van der Waals surface area contributed by atoms with Crippen LogP contribution in [0.5, 0.6) is 0 Å². The molecule has 0 radical (unpaired) electrons. The number of ether oxygens (including phenoxy) is 1. The minimum absolute atomic E-state index is 0.112. The third-order valence-electron chi connectivity index (χ3n) is 2.86. The monoisotopic (exact) mass is 219 g/mol. The largest absolute Gasteiger partial charge is 0.460 e. The molecule has 1 aliphatic heterocycles. The van der Waals surface area contributed by atoms with E-state index < -0.39 is 0 Å². The maximum Gasteiger partial charge on any atom is 0.323 e. The summed E-state index contributed by atoms with van der Waals surface area (Å²) in [6.07, 6.45) is 0.883.